The van der Waals surface area contributed by atoms with Crippen LogP contribution in [0.1, 0.15) is 43.7 Å². The highest BCUT2D eigenvalue weighted by Crippen LogP contribution is 2.34. The molecule has 0 aliphatic heterocycles. The van der Waals surface area contributed by atoms with Crippen molar-refractivity contribution in [2.45, 2.75) is 52.2 Å². The number of nitrogens with zero attached hydrogens (tertiary/aromatic N) is 3. The molecular weight excluding hydrogens is 342 g/mol. The number of rotatable bonds is 8. The van der Waals surface area contributed by atoms with Crippen molar-refractivity contribution in [2.75, 3.05) is 18.7 Å². The molecule has 1 saturated carbocycles. The SMILES string of the molecule is CCOc1cccc(-c2cnc(N(C)N=O)cc2COC2CCCC2)c1C. The van der Waals surface area contributed by atoms with Crippen molar-refractivity contribution in [3.8, 4) is 16.9 Å². The molecule has 0 spiro atoms. The van der Waals surface area contributed by atoms with Crippen LogP contribution in [-0.4, -0.2) is 24.7 Å². The summed E-state index contributed by atoms with van der Waals surface area (Å²) in [5, 5.41) is 4.18. The quantitative estimate of drug-likeness (QED) is 0.482. The highest BCUT2D eigenvalue weighted by Gasteiger charge is 2.18. The minimum atomic E-state index is 0.312. The van der Waals surface area contributed by atoms with Crippen LogP contribution in [0.2, 0.25) is 0 Å². The molecule has 0 bridgehead atoms. The molecule has 0 amide bonds. The molecule has 144 valence electrons. The van der Waals surface area contributed by atoms with Gasteiger partial charge in [-0.1, -0.05) is 25.0 Å². The molecule has 0 atom stereocenters. The van der Waals surface area contributed by atoms with Crippen molar-refractivity contribution in [2.24, 2.45) is 5.29 Å². The van der Waals surface area contributed by atoms with Crippen molar-refractivity contribution in [3.63, 3.8) is 0 Å². The fraction of sp³-hybridized carbons (Fsp3) is 0.476. The summed E-state index contributed by atoms with van der Waals surface area (Å²) in [5.41, 5.74) is 4.12. The van der Waals surface area contributed by atoms with Gasteiger partial charge in [0, 0.05) is 18.8 Å². The Balaban J connectivity index is 1.97. The van der Waals surface area contributed by atoms with Gasteiger partial charge in [0.05, 0.1) is 24.6 Å². The topological polar surface area (TPSA) is 64.0 Å². The van der Waals surface area contributed by atoms with Crippen LogP contribution in [0.5, 0.6) is 5.75 Å². The molecule has 1 aromatic heterocycles. The van der Waals surface area contributed by atoms with Crippen molar-refractivity contribution in [1.82, 2.24) is 4.98 Å². The zero-order valence-electron chi connectivity index (χ0n) is 16.3. The Morgan fingerprint density at radius 2 is 2.04 bits per heavy atom. The van der Waals surface area contributed by atoms with Crippen LogP contribution in [0.3, 0.4) is 0 Å². The molecule has 27 heavy (non-hydrogen) atoms. The Labute approximate surface area is 160 Å². The fourth-order valence-electron chi connectivity index (χ4n) is 3.55. The minimum Gasteiger partial charge on any atom is -0.494 e. The third-order valence-electron chi connectivity index (χ3n) is 5.08. The number of pyridine rings is 1. The molecule has 1 aromatic carbocycles. The maximum absolute atomic E-state index is 10.9. The van der Waals surface area contributed by atoms with Gasteiger partial charge in [-0.2, -0.15) is 0 Å². The Morgan fingerprint density at radius 1 is 1.26 bits per heavy atom. The van der Waals surface area contributed by atoms with Crippen molar-refractivity contribution < 1.29 is 9.47 Å². The van der Waals surface area contributed by atoms with Gasteiger partial charge in [0.2, 0.25) is 0 Å². The highest BCUT2D eigenvalue weighted by molar-refractivity contribution is 5.73. The van der Waals surface area contributed by atoms with E-state index in [-0.39, 0.29) is 0 Å². The van der Waals surface area contributed by atoms with Gasteiger partial charge in [-0.05, 0) is 55.5 Å². The van der Waals surface area contributed by atoms with E-state index in [1.807, 2.05) is 25.1 Å². The molecule has 1 heterocycles. The summed E-state index contributed by atoms with van der Waals surface area (Å²) in [6.45, 7) is 5.13. The highest BCUT2D eigenvalue weighted by atomic mass is 16.5. The van der Waals surface area contributed by atoms with Gasteiger partial charge in [-0.25, -0.2) is 9.99 Å². The lowest BCUT2D eigenvalue weighted by molar-refractivity contribution is 0.0459. The molecule has 0 unspecified atom stereocenters. The van der Waals surface area contributed by atoms with Crippen molar-refractivity contribution in [3.05, 3.63) is 46.5 Å². The molecule has 6 nitrogen and oxygen atoms in total. The molecular formula is C21H27N3O3. The summed E-state index contributed by atoms with van der Waals surface area (Å²) in [6.07, 6.45) is 6.79. The van der Waals surface area contributed by atoms with Crippen molar-refractivity contribution in [1.29, 1.82) is 0 Å². The van der Waals surface area contributed by atoms with Crippen LogP contribution in [-0.2, 0) is 11.3 Å². The number of aromatic nitrogens is 1. The predicted molar refractivity (Wildman–Crippen MR) is 107 cm³/mol. The molecule has 1 fully saturated rings. The summed E-state index contributed by atoms with van der Waals surface area (Å²) in [5.74, 6) is 1.38. The molecule has 0 saturated heterocycles. The van der Waals surface area contributed by atoms with E-state index < -0.39 is 0 Å². The van der Waals surface area contributed by atoms with E-state index in [2.05, 4.69) is 23.3 Å². The normalized spacial score (nSPS) is 14.3. The lowest BCUT2D eigenvalue weighted by Crippen LogP contribution is -2.12. The van der Waals surface area contributed by atoms with E-state index in [0.717, 1.165) is 40.8 Å². The Kier molecular flexibility index (Phi) is 6.40. The molecule has 0 radical (unpaired) electrons. The smallest absolute Gasteiger partial charge is 0.151 e. The largest absolute Gasteiger partial charge is 0.494 e. The number of hydrogen-bond donors (Lipinski definition) is 0. The van der Waals surface area contributed by atoms with Gasteiger partial charge in [0.25, 0.3) is 0 Å². The zero-order chi connectivity index (χ0) is 19.2. The first-order chi connectivity index (χ1) is 13.1. The molecule has 2 aromatic rings. The summed E-state index contributed by atoms with van der Waals surface area (Å²) in [6, 6.07) is 7.92. The maximum atomic E-state index is 10.9. The third-order valence-corrected chi connectivity index (χ3v) is 5.08. The van der Waals surface area contributed by atoms with Gasteiger partial charge in [0.1, 0.15) is 5.75 Å². The first kappa shape index (κ1) is 19.3. The van der Waals surface area contributed by atoms with E-state index >= 15 is 0 Å². The fourth-order valence-corrected chi connectivity index (χ4v) is 3.55. The first-order valence-corrected chi connectivity index (χ1v) is 9.54. The lowest BCUT2D eigenvalue weighted by Gasteiger charge is -2.18. The zero-order valence-corrected chi connectivity index (χ0v) is 16.3. The van der Waals surface area contributed by atoms with Gasteiger partial charge in [-0.15, -0.1) is 4.91 Å². The van der Waals surface area contributed by atoms with Crippen LogP contribution in [0.4, 0.5) is 5.82 Å². The second-order valence-electron chi connectivity index (χ2n) is 6.88. The van der Waals surface area contributed by atoms with E-state index in [0.29, 0.717) is 25.1 Å². The predicted octanol–water partition coefficient (Wildman–Crippen LogP) is 5.03. The van der Waals surface area contributed by atoms with Crippen LogP contribution in [0.25, 0.3) is 11.1 Å². The number of hydrogen-bond acceptors (Lipinski definition) is 5. The van der Waals surface area contributed by atoms with Crippen LogP contribution < -0.4 is 9.75 Å². The second-order valence-corrected chi connectivity index (χ2v) is 6.88. The van der Waals surface area contributed by atoms with Crippen LogP contribution in [0.15, 0.2) is 35.7 Å². The number of anilines is 1. The van der Waals surface area contributed by atoms with Crippen LogP contribution in [0, 0.1) is 11.8 Å². The maximum Gasteiger partial charge on any atom is 0.151 e. The second kappa shape index (κ2) is 8.95. The first-order valence-electron chi connectivity index (χ1n) is 9.54. The number of benzene rings is 1. The Bertz CT molecular complexity index is 788. The van der Waals surface area contributed by atoms with E-state index in [4.69, 9.17) is 9.47 Å². The van der Waals surface area contributed by atoms with Gasteiger partial charge < -0.3 is 9.47 Å². The minimum absolute atomic E-state index is 0.312. The third kappa shape index (κ3) is 4.45. The van der Waals surface area contributed by atoms with E-state index in [9.17, 15) is 4.91 Å². The van der Waals surface area contributed by atoms with Gasteiger partial charge >= 0.3 is 0 Å². The lowest BCUT2D eigenvalue weighted by atomic mass is 9.97. The Hall–Kier alpha value is -2.47. The van der Waals surface area contributed by atoms with Crippen LogP contribution >= 0.6 is 0 Å². The molecule has 3 rings (SSSR count). The summed E-state index contributed by atoms with van der Waals surface area (Å²) >= 11 is 0. The number of nitroso groups, excluding NO2 is 1. The standard InChI is InChI=1S/C21H27N3O3/c1-4-26-20-11-7-10-18(15(20)2)19-13-22-21(24(3)23-25)12-16(19)14-27-17-8-5-6-9-17/h7,10-13,17H,4-6,8-9,14H2,1-3H3. The van der Waals surface area contributed by atoms with Gasteiger partial charge in [0.15, 0.2) is 5.82 Å². The summed E-state index contributed by atoms with van der Waals surface area (Å²) < 4.78 is 11.9. The monoisotopic (exact) mass is 369 g/mol. The molecule has 0 N–H and O–H groups in total. The van der Waals surface area contributed by atoms with E-state index in [1.54, 1.807) is 13.2 Å². The molecule has 1 aliphatic rings. The van der Waals surface area contributed by atoms with E-state index in [1.165, 1.54) is 17.9 Å². The summed E-state index contributed by atoms with van der Waals surface area (Å²) in [7, 11) is 1.59. The molecule has 6 heteroatoms. The average Bonchev–Trinajstić information content (AvgIpc) is 3.21. The summed E-state index contributed by atoms with van der Waals surface area (Å²) in [4.78, 5) is 15.3. The molecule has 1 aliphatic carbocycles. The Morgan fingerprint density at radius 3 is 2.74 bits per heavy atom. The van der Waals surface area contributed by atoms with Gasteiger partial charge in [-0.3, -0.25) is 0 Å². The number of ether oxygens (including phenoxy) is 2. The average molecular weight is 369 g/mol. The van der Waals surface area contributed by atoms with Crippen molar-refractivity contribution >= 4 is 5.82 Å².